The Morgan fingerprint density at radius 3 is 2.47 bits per heavy atom. The van der Waals surface area contributed by atoms with E-state index in [4.69, 9.17) is 4.74 Å². The number of sulfone groups is 1. The first-order valence-corrected chi connectivity index (χ1v) is 12.1. The van der Waals surface area contributed by atoms with E-state index in [-0.39, 0.29) is 20.8 Å². The molecule has 0 aliphatic heterocycles. The van der Waals surface area contributed by atoms with Gasteiger partial charge in [-0.1, -0.05) is 60.2 Å². The molecular weight excluding hydrogens is 448 g/mol. The van der Waals surface area contributed by atoms with Crippen LogP contribution in [0.3, 0.4) is 0 Å². The van der Waals surface area contributed by atoms with Crippen molar-refractivity contribution in [3.63, 3.8) is 0 Å². The molecule has 1 amide bonds. The Balaban J connectivity index is 1.64. The number of amides is 1. The van der Waals surface area contributed by atoms with Gasteiger partial charge < -0.3 is 4.74 Å². The molecule has 8 nitrogen and oxygen atoms in total. The van der Waals surface area contributed by atoms with Crippen molar-refractivity contribution < 1.29 is 17.9 Å². The van der Waals surface area contributed by atoms with Crippen molar-refractivity contribution in [1.82, 2.24) is 10.2 Å². The average Bonchev–Trinajstić information content (AvgIpc) is 3.27. The van der Waals surface area contributed by atoms with E-state index >= 15 is 0 Å². The van der Waals surface area contributed by atoms with Crippen LogP contribution in [-0.4, -0.2) is 30.3 Å². The number of hydrogen-bond acceptors (Lipinski definition) is 8. The predicted molar refractivity (Wildman–Crippen MR) is 122 cm³/mol. The number of nitrogens with one attached hydrogen (secondary N) is 1. The van der Waals surface area contributed by atoms with Gasteiger partial charge in [-0.25, -0.2) is 8.42 Å². The van der Waals surface area contributed by atoms with E-state index in [1.165, 1.54) is 18.6 Å². The van der Waals surface area contributed by atoms with Gasteiger partial charge in [-0.15, -0.1) is 10.2 Å². The molecule has 164 valence electrons. The van der Waals surface area contributed by atoms with Crippen molar-refractivity contribution in [1.29, 1.82) is 5.26 Å². The summed E-state index contributed by atoms with van der Waals surface area (Å²) in [6.45, 7) is 3.94. The van der Waals surface area contributed by atoms with Crippen LogP contribution in [0.4, 0.5) is 5.13 Å². The molecule has 0 aliphatic rings. The zero-order valence-electron chi connectivity index (χ0n) is 17.4. The van der Waals surface area contributed by atoms with Crippen LogP contribution >= 0.6 is 11.3 Å². The van der Waals surface area contributed by atoms with Crippen molar-refractivity contribution in [2.24, 2.45) is 0 Å². The Morgan fingerprint density at radius 2 is 1.84 bits per heavy atom. The van der Waals surface area contributed by atoms with E-state index < -0.39 is 15.7 Å². The summed E-state index contributed by atoms with van der Waals surface area (Å²) in [5, 5.41) is 19.0. The number of aryl methyl sites for hydroxylation is 1. The SMILES string of the molecule is CCS(=O)(=O)c1nnc(NC(=O)/C(C#N)=C\c2ccc(OCc3ccc(C)cc3)cc2)s1. The van der Waals surface area contributed by atoms with Gasteiger partial charge in [-0.2, -0.15) is 5.26 Å². The highest BCUT2D eigenvalue weighted by molar-refractivity contribution is 7.93. The van der Waals surface area contributed by atoms with Crippen molar-refractivity contribution in [3.8, 4) is 11.8 Å². The highest BCUT2D eigenvalue weighted by atomic mass is 32.2. The number of hydrogen-bond donors (Lipinski definition) is 1. The number of rotatable bonds is 8. The van der Waals surface area contributed by atoms with Gasteiger partial charge >= 0.3 is 0 Å². The number of carbonyl (C=O) groups is 1. The second-order valence-electron chi connectivity index (χ2n) is 6.74. The Labute approximate surface area is 190 Å². The highest BCUT2D eigenvalue weighted by Gasteiger charge is 2.19. The molecule has 10 heteroatoms. The molecule has 3 rings (SSSR count). The van der Waals surface area contributed by atoms with Gasteiger partial charge in [0.05, 0.1) is 5.75 Å². The molecule has 0 fully saturated rings. The van der Waals surface area contributed by atoms with Gasteiger partial charge in [-0.3, -0.25) is 10.1 Å². The third kappa shape index (κ3) is 6.00. The minimum Gasteiger partial charge on any atom is -0.489 e. The molecule has 3 aromatic rings. The normalized spacial score (nSPS) is 11.6. The zero-order valence-corrected chi connectivity index (χ0v) is 19.0. The summed E-state index contributed by atoms with van der Waals surface area (Å²) in [6.07, 6.45) is 1.42. The maximum absolute atomic E-state index is 12.4. The van der Waals surface area contributed by atoms with Crippen LogP contribution in [0, 0.1) is 18.3 Å². The molecule has 0 spiro atoms. The quantitative estimate of drug-likeness (QED) is 0.303. The molecule has 0 saturated heterocycles. The molecule has 0 atom stereocenters. The van der Waals surface area contributed by atoms with Crippen LogP contribution in [0.2, 0.25) is 0 Å². The Morgan fingerprint density at radius 1 is 1.16 bits per heavy atom. The molecular formula is C22H20N4O4S2. The zero-order chi connectivity index (χ0) is 23.1. The minimum absolute atomic E-state index is 0.00280. The molecule has 2 aromatic carbocycles. The summed E-state index contributed by atoms with van der Waals surface area (Å²) in [6, 6.07) is 16.8. The van der Waals surface area contributed by atoms with Crippen LogP contribution < -0.4 is 10.1 Å². The molecule has 0 aliphatic carbocycles. The first-order valence-electron chi connectivity index (χ1n) is 9.58. The van der Waals surface area contributed by atoms with Crippen molar-refractivity contribution >= 4 is 38.3 Å². The number of ether oxygens (including phenoxy) is 1. The molecule has 0 bridgehead atoms. The second-order valence-corrected chi connectivity index (χ2v) is 10.2. The van der Waals surface area contributed by atoms with Crippen LogP contribution in [0.1, 0.15) is 23.6 Å². The topological polar surface area (TPSA) is 122 Å². The molecule has 0 saturated carbocycles. The summed E-state index contributed by atoms with van der Waals surface area (Å²) >= 11 is 0.738. The minimum atomic E-state index is -3.51. The smallest absolute Gasteiger partial charge is 0.268 e. The first-order chi connectivity index (χ1) is 15.3. The lowest BCUT2D eigenvalue weighted by Crippen LogP contribution is -2.13. The lowest BCUT2D eigenvalue weighted by atomic mass is 10.1. The summed E-state index contributed by atoms with van der Waals surface area (Å²) in [4.78, 5) is 12.4. The number of nitriles is 1. The van der Waals surface area contributed by atoms with E-state index in [9.17, 15) is 18.5 Å². The molecule has 1 N–H and O–H groups in total. The monoisotopic (exact) mass is 468 g/mol. The van der Waals surface area contributed by atoms with Crippen molar-refractivity contribution in [2.45, 2.75) is 24.8 Å². The Hall–Kier alpha value is -3.55. The van der Waals surface area contributed by atoms with Gasteiger partial charge in [-0.05, 0) is 36.3 Å². The maximum Gasteiger partial charge on any atom is 0.268 e. The fourth-order valence-corrected chi connectivity index (χ4v) is 4.48. The van der Waals surface area contributed by atoms with Crippen LogP contribution in [0.15, 0.2) is 58.4 Å². The number of aromatic nitrogens is 2. The standard InChI is InChI=1S/C22H20N4O4S2/c1-3-32(28,29)22-26-25-21(31-22)24-20(27)18(13-23)12-16-8-10-19(11-9-16)30-14-17-6-4-15(2)5-7-17/h4-12H,3,14H2,1-2H3,(H,24,25,27)/b18-12-. The molecule has 1 heterocycles. The van der Waals surface area contributed by atoms with E-state index in [1.54, 1.807) is 24.3 Å². The Bertz CT molecular complexity index is 1270. The third-order valence-corrected chi connectivity index (χ3v) is 7.37. The van der Waals surface area contributed by atoms with Gasteiger partial charge in [0.1, 0.15) is 24.0 Å². The number of carbonyl (C=O) groups excluding carboxylic acids is 1. The second kappa shape index (κ2) is 10.2. The first kappa shape index (κ1) is 23.1. The molecule has 0 radical (unpaired) electrons. The van der Waals surface area contributed by atoms with Gasteiger partial charge in [0.25, 0.3) is 5.91 Å². The van der Waals surface area contributed by atoms with Gasteiger partial charge in [0, 0.05) is 0 Å². The summed E-state index contributed by atoms with van der Waals surface area (Å²) < 4.78 is 29.2. The summed E-state index contributed by atoms with van der Waals surface area (Å²) in [7, 11) is -3.51. The fourth-order valence-electron chi connectivity index (χ4n) is 2.50. The highest BCUT2D eigenvalue weighted by Crippen LogP contribution is 2.22. The molecule has 0 unspecified atom stereocenters. The van der Waals surface area contributed by atoms with Crippen molar-refractivity contribution in [3.05, 3.63) is 70.8 Å². The third-order valence-electron chi connectivity index (χ3n) is 4.36. The lowest BCUT2D eigenvalue weighted by Gasteiger charge is -2.07. The van der Waals surface area contributed by atoms with E-state index in [2.05, 4.69) is 15.5 Å². The maximum atomic E-state index is 12.4. The summed E-state index contributed by atoms with van der Waals surface area (Å²) in [5.41, 5.74) is 2.70. The van der Waals surface area contributed by atoms with E-state index in [0.29, 0.717) is 17.9 Å². The van der Waals surface area contributed by atoms with Gasteiger partial charge in [0.15, 0.2) is 0 Å². The average molecular weight is 469 g/mol. The van der Waals surface area contributed by atoms with Crippen LogP contribution in [-0.2, 0) is 21.2 Å². The van der Waals surface area contributed by atoms with E-state index in [0.717, 1.165) is 16.9 Å². The summed E-state index contributed by atoms with van der Waals surface area (Å²) in [5.74, 6) is -0.170. The van der Waals surface area contributed by atoms with Crippen molar-refractivity contribution in [2.75, 3.05) is 11.1 Å². The lowest BCUT2D eigenvalue weighted by molar-refractivity contribution is -0.112. The fraction of sp³-hybridized carbons (Fsp3) is 0.182. The van der Waals surface area contributed by atoms with Crippen LogP contribution in [0.25, 0.3) is 6.08 Å². The molecule has 1 aromatic heterocycles. The largest absolute Gasteiger partial charge is 0.489 e. The number of benzene rings is 2. The Kier molecular flexibility index (Phi) is 7.35. The number of nitrogens with zero attached hydrogens (tertiary/aromatic N) is 3. The van der Waals surface area contributed by atoms with E-state index in [1.807, 2.05) is 37.3 Å². The molecule has 32 heavy (non-hydrogen) atoms. The van der Waals surface area contributed by atoms with Gasteiger partial charge in [0.2, 0.25) is 19.3 Å². The van der Waals surface area contributed by atoms with Crippen LogP contribution in [0.5, 0.6) is 5.75 Å². The predicted octanol–water partition coefficient (Wildman–Crippen LogP) is 3.76. The number of anilines is 1.